The number of pyridine rings is 1. The van der Waals surface area contributed by atoms with E-state index in [9.17, 15) is 13.6 Å². The Morgan fingerprint density at radius 2 is 2.06 bits per heavy atom. The number of nitrogens with zero attached hydrogens (tertiary/aromatic N) is 1. The fourth-order valence-electron chi connectivity index (χ4n) is 1.38. The van der Waals surface area contributed by atoms with Gasteiger partial charge >= 0.3 is 0 Å². The van der Waals surface area contributed by atoms with Crippen LogP contribution in [0.3, 0.4) is 0 Å². The van der Waals surface area contributed by atoms with Crippen molar-refractivity contribution in [2.75, 3.05) is 11.1 Å². The third-order valence-corrected chi connectivity index (χ3v) is 2.30. The lowest BCUT2D eigenvalue weighted by Gasteiger charge is -2.07. The highest BCUT2D eigenvalue weighted by Gasteiger charge is 2.14. The van der Waals surface area contributed by atoms with Crippen LogP contribution in [0.1, 0.15) is 10.4 Å². The molecular formula is C12H9F2N3O. The molecule has 4 nitrogen and oxygen atoms in total. The lowest BCUT2D eigenvalue weighted by atomic mass is 10.2. The van der Waals surface area contributed by atoms with E-state index in [-0.39, 0.29) is 16.9 Å². The minimum absolute atomic E-state index is 0.0983. The molecule has 0 aliphatic heterocycles. The van der Waals surface area contributed by atoms with E-state index in [0.717, 1.165) is 6.07 Å². The van der Waals surface area contributed by atoms with Crippen LogP contribution in [0.15, 0.2) is 36.7 Å². The number of hydrogen-bond donors (Lipinski definition) is 2. The van der Waals surface area contributed by atoms with Gasteiger partial charge in [0, 0.05) is 18.1 Å². The van der Waals surface area contributed by atoms with Crippen LogP contribution in [0.2, 0.25) is 0 Å². The number of aromatic nitrogens is 1. The van der Waals surface area contributed by atoms with Gasteiger partial charge in [0.15, 0.2) is 11.6 Å². The van der Waals surface area contributed by atoms with E-state index < -0.39 is 17.5 Å². The zero-order chi connectivity index (χ0) is 13.1. The molecule has 2 rings (SSSR count). The van der Waals surface area contributed by atoms with Gasteiger partial charge in [-0.1, -0.05) is 6.07 Å². The minimum Gasteiger partial charge on any atom is -0.398 e. The van der Waals surface area contributed by atoms with Gasteiger partial charge in [-0.05, 0) is 18.2 Å². The number of nitrogen functional groups attached to an aromatic ring is 1. The highest BCUT2D eigenvalue weighted by atomic mass is 19.2. The van der Waals surface area contributed by atoms with Gasteiger partial charge < -0.3 is 11.1 Å². The topological polar surface area (TPSA) is 68.0 Å². The SMILES string of the molecule is Nc1ccncc1C(=O)Nc1cccc(F)c1F. The van der Waals surface area contributed by atoms with Crippen molar-refractivity contribution in [2.45, 2.75) is 0 Å². The Labute approximate surface area is 101 Å². The summed E-state index contributed by atoms with van der Waals surface area (Å²) in [6.45, 7) is 0. The maximum Gasteiger partial charge on any atom is 0.259 e. The van der Waals surface area contributed by atoms with E-state index in [1.165, 1.54) is 30.6 Å². The first-order valence-electron chi connectivity index (χ1n) is 5.04. The van der Waals surface area contributed by atoms with Gasteiger partial charge in [0.05, 0.1) is 11.3 Å². The van der Waals surface area contributed by atoms with Crippen molar-refractivity contribution >= 4 is 17.3 Å². The van der Waals surface area contributed by atoms with Gasteiger partial charge in [-0.2, -0.15) is 0 Å². The number of hydrogen-bond acceptors (Lipinski definition) is 3. The van der Waals surface area contributed by atoms with Gasteiger partial charge in [0.25, 0.3) is 5.91 Å². The average Bonchev–Trinajstić information content (AvgIpc) is 2.35. The Hall–Kier alpha value is -2.50. The third kappa shape index (κ3) is 2.27. The molecule has 0 radical (unpaired) electrons. The van der Waals surface area contributed by atoms with Crippen molar-refractivity contribution in [1.82, 2.24) is 4.98 Å². The molecule has 1 aromatic heterocycles. The molecule has 92 valence electrons. The molecule has 0 saturated heterocycles. The highest BCUT2D eigenvalue weighted by Crippen LogP contribution is 2.18. The first-order chi connectivity index (χ1) is 8.59. The van der Waals surface area contributed by atoms with Crippen molar-refractivity contribution in [3.05, 3.63) is 53.9 Å². The third-order valence-electron chi connectivity index (χ3n) is 2.30. The molecule has 0 saturated carbocycles. The number of rotatable bonds is 2. The second-order valence-corrected chi connectivity index (χ2v) is 3.52. The van der Waals surface area contributed by atoms with E-state index >= 15 is 0 Å². The first-order valence-corrected chi connectivity index (χ1v) is 5.04. The molecule has 0 aliphatic rings. The van der Waals surface area contributed by atoms with Crippen LogP contribution in [-0.4, -0.2) is 10.9 Å². The number of nitrogens with two attached hydrogens (primary N) is 1. The van der Waals surface area contributed by atoms with E-state index in [2.05, 4.69) is 10.3 Å². The normalized spacial score (nSPS) is 10.1. The zero-order valence-electron chi connectivity index (χ0n) is 9.15. The molecule has 1 aromatic carbocycles. The Morgan fingerprint density at radius 3 is 2.78 bits per heavy atom. The smallest absolute Gasteiger partial charge is 0.259 e. The predicted molar refractivity (Wildman–Crippen MR) is 63.0 cm³/mol. The Morgan fingerprint density at radius 1 is 1.28 bits per heavy atom. The summed E-state index contributed by atoms with van der Waals surface area (Å²) in [6, 6.07) is 4.95. The lowest BCUT2D eigenvalue weighted by Crippen LogP contribution is -2.15. The second-order valence-electron chi connectivity index (χ2n) is 3.52. The van der Waals surface area contributed by atoms with E-state index in [1.54, 1.807) is 0 Å². The zero-order valence-corrected chi connectivity index (χ0v) is 9.15. The van der Waals surface area contributed by atoms with Crippen molar-refractivity contribution in [2.24, 2.45) is 0 Å². The van der Waals surface area contributed by atoms with E-state index in [4.69, 9.17) is 5.73 Å². The summed E-state index contributed by atoms with van der Waals surface area (Å²) in [5, 5.41) is 2.23. The van der Waals surface area contributed by atoms with Crippen LogP contribution in [0.25, 0.3) is 0 Å². The molecule has 1 amide bonds. The molecule has 18 heavy (non-hydrogen) atoms. The standard InChI is InChI=1S/C12H9F2N3O/c13-8-2-1-3-10(11(8)14)17-12(18)7-6-16-5-4-9(7)15/h1-6H,(H2,15,16)(H,17,18). The van der Waals surface area contributed by atoms with Crippen LogP contribution in [-0.2, 0) is 0 Å². The number of amides is 1. The fraction of sp³-hybridized carbons (Fsp3) is 0. The molecule has 2 aromatic rings. The number of halogens is 2. The molecular weight excluding hydrogens is 240 g/mol. The molecule has 1 heterocycles. The van der Waals surface area contributed by atoms with Crippen molar-refractivity contribution < 1.29 is 13.6 Å². The van der Waals surface area contributed by atoms with Crippen LogP contribution < -0.4 is 11.1 Å². The van der Waals surface area contributed by atoms with E-state index in [1.807, 2.05) is 0 Å². The Balaban J connectivity index is 2.27. The van der Waals surface area contributed by atoms with Gasteiger partial charge in [-0.3, -0.25) is 9.78 Å². The Kier molecular flexibility index (Phi) is 3.18. The molecule has 3 N–H and O–H groups in total. The fourth-order valence-corrected chi connectivity index (χ4v) is 1.38. The van der Waals surface area contributed by atoms with Gasteiger partial charge in [-0.25, -0.2) is 8.78 Å². The maximum atomic E-state index is 13.3. The number of nitrogens with one attached hydrogen (secondary N) is 1. The average molecular weight is 249 g/mol. The largest absolute Gasteiger partial charge is 0.398 e. The van der Waals surface area contributed by atoms with Gasteiger partial charge in [-0.15, -0.1) is 0 Å². The highest BCUT2D eigenvalue weighted by molar-refractivity contribution is 6.07. The molecule has 0 fully saturated rings. The van der Waals surface area contributed by atoms with Crippen molar-refractivity contribution in [3.63, 3.8) is 0 Å². The van der Waals surface area contributed by atoms with Crippen LogP contribution in [0.5, 0.6) is 0 Å². The van der Waals surface area contributed by atoms with E-state index in [0.29, 0.717) is 0 Å². The minimum atomic E-state index is -1.12. The van der Waals surface area contributed by atoms with Crippen molar-refractivity contribution in [3.8, 4) is 0 Å². The first kappa shape index (κ1) is 12.0. The summed E-state index contributed by atoms with van der Waals surface area (Å²) in [6.07, 6.45) is 2.68. The number of benzene rings is 1. The second kappa shape index (κ2) is 4.79. The van der Waals surface area contributed by atoms with Crippen molar-refractivity contribution in [1.29, 1.82) is 0 Å². The summed E-state index contributed by atoms with van der Waals surface area (Å²) in [7, 11) is 0. The summed E-state index contributed by atoms with van der Waals surface area (Å²) in [5.41, 5.74) is 5.63. The van der Waals surface area contributed by atoms with Gasteiger partial charge in [0.1, 0.15) is 0 Å². The quantitative estimate of drug-likeness (QED) is 0.857. The van der Waals surface area contributed by atoms with Crippen LogP contribution in [0, 0.1) is 11.6 Å². The lowest BCUT2D eigenvalue weighted by molar-refractivity contribution is 0.102. The van der Waals surface area contributed by atoms with Gasteiger partial charge in [0.2, 0.25) is 0 Å². The maximum absolute atomic E-state index is 13.3. The molecule has 6 heteroatoms. The number of carbonyl (C=O) groups is 1. The summed E-state index contributed by atoms with van der Waals surface area (Å²) < 4.78 is 26.3. The summed E-state index contributed by atoms with van der Waals surface area (Å²) in [5.74, 6) is -2.80. The Bertz CT molecular complexity index is 602. The molecule has 0 unspecified atom stereocenters. The molecule has 0 atom stereocenters. The molecule has 0 bridgehead atoms. The number of anilines is 2. The monoisotopic (exact) mass is 249 g/mol. The molecule has 0 aliphatic carbocycles. The number of carbonyl (C=O) groups excluding carboxylic acids is 1. The van der Waals surface area contributed by atoms with Crippen LogP contribution >= 0.6 is 0 Å². The summed E-state index contributed by atoms with van der Waals surface area (Å²) in [4.78, 5) is 15.5. The van der Waals surface area contributed by atoms with Crippen LogP contribution in [0.4, 0.5) is 20.2 Å². The molecule has 0 spiro atoms. The predicted octanol–water partition coefficient (Wildman–Crippen LogP) is 2.19. The summed E-state index contributed by atoms with van der Waals surface area (Å²) >= 11 is 0.